The van der Waals surface area contributed by atoms with Gasteiger partial charge in [0.25, 0.3) is 0 Å². The largest absolute Gasteiger partial charge is 0.481 e. The van der Waals surface area contributed by atoms with E-state index in [0.717, 1.165) is 53.6 Å². The van der Waals surface area contributed by atoms with Gasteiger partial charge in [-0.25, -0.2) is 23.7 Å². The number of nitrogens with one attached hydrogen (secondary N) is 2. The van der Waals surface area contributed by atoms with Crippen molar-refractivity contribution in [3.8, 4) is 17.0 Å². The van der Waals surface area contributed by atoms with Gasteiger partial charge in [0.05, 0.1) is 40.8 Å². The number of amides is 1. The van der Waals surface area contributed by atoms with Gasteiger partial charge in [-0.3, -0.25) is 0 Å². The van der Waals surface area contributed by atoms with Crippen molar-refractivity contribution >= 4 is 40.4 Å². The number of aryl methyl sites for hydroxylation is 1. The van der Waals surface area contributed by atoms with Crippen molar-refractivity contribution in [1.29, 1.82) is 0 Å². The summed E-state index contributed by atoms with van der Waals surface area (Å²) in [7, 11) is 1.58. The van der Waals surface area contributed by atoms with E-state index in [-0.39, 0.29) is 28.6 Å². The van der Waals surface area contributed by atoms with Crippen molar-refractivity contribution in [2.24, 2.45) is 10.7 Å². The molecule has 3 heterocycles. The maximum atomic E-state index is 14.0. The average molecular weight is 622 g/mol. The predicted molar refractivity (Wildman–Crippen MR) is 171 cm³/mol. The Labute approximate surface area is 260 Å². The van der Waals surface area contributed by atoms with E-state index in [1.807, 2.05) is 46.0 Å². The summed E-state index contributed by atoms with van der Waals surface area (Å²) in [4.78, 5) is 21.2. The third-order valence-electron chi connectivity index (χ3n) is 7.46. The molecule has 232 valence electrons. The van der Waals surface area contributed by atoms with Gasteiger partial charge >= 0.3 is 6.09 Å². The third-order valence-corrected chi connectivity index (χ3v) is 7.78. The SMILES string of the molecule is COc1cc(C)c(-c2cc3c(N[C@H]4CC[C@@H](NC(=O)OC(C)(C)C)CC4)c(C(N)=Nc4cc(F)ccc4Cl)cnn3c2)cn1. The van der Waals surface area contributed by atoms with Crippen LogP contribution in [-0.2, 0) is 4.74 Å². The van der Waals surface area contributed by atoms with Gasteiger partial charge in [-0.05, 0) is 77.1 Å². The summed E-state index contributed by atoms with van der Waals surface area (Å²) in [6.07, 6.45) is 8.09. The Morgan fingerprint density at radius 3 is 2.55 bits per heavy atom. The highest BCUT2D eigenvalue weighted by molar-refractivity contribution is 6.33. The maximum absolute atomic E-state index is 14.0. The smallest absolute Gasteiger partial charge is 0.407 e. The van der Waals surface area contributed by atoms with E-state index in [1.165, 1.54) is 18.2 Å². The normalized spacial score (nSPS) is 17.4. The zero-order valence-electron chi connectivity index (χ0n) is 25.4. The lowest BCUT2D eigenvalue weighted by atomic mass is 9.91. The molecule has 10 nitrogen and oxygen atoms in total. The number of ether oxygens (including phenoxy) is 2. The molecule has 0 saturated heterocycles. The number of nitrogens with zero attached hydrogens (tertiary/aromatic N) is 4. The number of rotatable bonds is 7. The van der Waals surface area contributed by atoms with Crippen LogP contribution in [0, 0.1) is 12.7 Å². The molecule has 1 amide bonds. The van der Waals surface area contributed by atoms with Crippen molar-refractivity contribution in [1.82, 2.24) is 19.9 Å². The van der Waals surface area contributed by atoms with Crippen LogP contribution < -0.4 is 21.1 Å². The summed E-state index contributed by atoms with van der Waals surface area (Å²) in [5.74, 6) is 0.208. The van der Waals surface area contributed by atoms with Crippen LogP contribution >= 0.6 is 11.6 Å². The molecule has 0 unspecified atom stereocenters. The standard InChI is InChI=1S/C32H37ClFN7O3/c1-18-12-28(43-5)36-15-23(18)19-13-27-29(38-21-7-9-22(10-8-21)39-31(42)44-32(2,3)4)24(16-37-41(27)17-19)30(35)40-26-14-20(34)6-11-25(26)33/h6,11-17,21-22,38H,7-10H2,1-5H3,(H2,35,40)(H,39,42)/t21-,22+. The van der Waals surface area contributed by atoms with Gasteiger partial charge in [0.1, 0.15) is 17.3 Å². The highest BCUT2D eigenvalue weighted by atomic mass is 35.5. The van der Waals surface area contributed by atoms with Crippen molar-refractivity contribution in [2.45, 2.75) is 71.1 Å². The lowest BCUT2D eigenvalue weighted by Gasteiger charge is -2.31. The van der Waals surface area contributed by atoms with Crippen LogP contribution in [-0.4, -0.2) is 51.3 Å². The molecule has 4 N–H and O–H groups in total. The molecule has 44 heavy (non-hydrogen) atoms. The number of halogens is 2. The van der Waals surface area contributed by atoms with E-state index in [9.17, 15) is 9.18 Å². The van der Waals surface area contributed by atoms with Gasteiger partial charge in [0.15, 0.2) is 0 Å². The summed E-state index contributed by atoms with van der Waals surface area (Å²) >= 11 is 6.29. The van der Waals surface area contributed by atoms with Crippen LogP contribution in [0.2, 0.25) is 5.02 Å². The summed E-state index contributed by atoms with van der Waals surface area (Å²) < 4.78 is 26.5. The number of aromatic nitrogens is 3. The van der Waals surface area contributed by atoms with Gasteiger partial charge in [-0.1, -0.05) is 11.6 Å². The summed E-state index contributed by atoms with van der Waals surface area (Å²) in [5.41, 5.74) is 11.1. The molecule has 1 fully saturated rings. The molecule has 1 aliphatic rings. The minimum absolute atomic E-state index is 0.0204. The molecule has 12 heteroatoms. The Kier molecular flexibility index (Phi) is 8.96. The fraction of sp³-hybridized carbons (Fsp3) is 0.375. The molecule has 5 rings (SSSR count). The Bertz CT molecular complexity index is 1710. The summed E-state index contributed by atoms with van der Waals surface area (Å²) in [6, 6.07) is 7.96. The fourth-order valence-corrected chi connectivity index (χ4v) is 5.48. The number of amidine groups is 1. The van der Waals surface area contributed by atoms with Crippen LogP contribution in [0.25, 0.3) is 16.6 Å². The van der Waals surface area contributed by atoms with Crippen molar-refractivity contribution < 1.29 is 18.7 Å². The highest BCUT2D eigenvalue weighted by Gasteiger charge is 2.26. The molecule has 4 aromatic rings. The molecule has 3 aromatic heterocycles. The number of nitrogens with two attached hydrogens (primary N) is 1. The van der Waals surface area contributed by atoms with E-state index in [4.69, 9.17) is 26.8 Å². The number of benzene rings is 1. The minimum Gasteiger partial charge on any atom is -0.481 e. The van der Waals surface area contributed by atoms with Crippen molar-refractivity contribution in [2.75, 3.05) is 12.4 Å². The van der Waals surface area contributed by atoms with Crippen LogP contribution in [0.4, 0.5) is 20.6 Å². The number of hydrogen-bond acceptors (Lipinski definition) is 7. The number of carbonyl (C=O) groups is 1. The summed E-state index contributed by atoms with van der Waals surface area (Å²) in [6.45, 7) is 7.53. The van der Waals surface area contributed by atoms with E-state index < -0.39 is 17.5 Å². The molecule has 0 aliphatic heterocycles. The van der Waals surface area contributed by atoms with Crippen LogP contribution in [0.15, 0.2) is 53.9 Å². The number of aliphatic imine (C=N–C) groups is 1. The fourth-order valence-electron chi connectivity index (χ4n) is 5.32. The first kappa shape index (κ1) is 31.1. The number of anilines is 1. The van der Waals surface area contributed by atoms with Gasteiger partial charge < -0.3 is 25.8 Å². The van der Waals surface area contributed by atoms with Crippen LogP contribution in [0.5, 0.6) is 5.88 Å². The van der Waals surface area contributed by atoms with E-state index in [0.29, 0.717) is 11.4 Å². The lowest BCUT2D eigenvalue weighted by Crippen LogP contribution is -2.42. The molecular weight excluding hydrogens is 585 g/mol. The first-order valence-corrected chi connectivity index (χ1v) is 14.9. The Morgan fingerprint density at radius 1 is 1.14 bits per heavy atom. The monoisotopic (exact) mass is 621 g/mol. The molecule has 1 saturated carbocycles. The highest BCUT2D eigenvalue weighted by Crippen LogP contribution is 2.34. The molecule has 1 aromatic carbocycles. The Morgan fingerprint density at radius 2 is 1.86 bits per heavy atom. The van der Waals surface area contributed by atoms with E-state index in [2.05, 4.69) is 25.7 Å². The molecule has 0 radical (unpaired) electrons. The Balaban J connectivity index is 1.47. The number of hydrogen-bond donors (Lipinski definition) is 3. The van der Waals surface area contributed by atoms with Crippen LogP contribution in [0.3, 0.4) is 0 Å². The topological polar surface area (TPSA) is 128 Å². The molecule has 0 atom stereocenters. The lowest BCUT2D eigenvalue weighted by molar-refractivity contribution is 0.0492. The number of methoxy groups -OCH3 is 1. The van der Waals surface area contributed by atoms with Gasteiger partial charge in [-0.15, -0.1) is 0 Å². The zero-order chi connectivity index (χ0) is 31.6. The molecule has 1 aliphatic carbocycles. The molecule has 0 bridgehead atoms. The van der Waals surface area contributed by atoms with Gasteiger partial charge in [0.2, 0.25) is 5.88 Å². The third kappa shape index (κ3) is 7.21. The number of fused-ring (bicyclic) bond motifs is 1. The molecule has 0 spiro atoms. The van der Waals surface area contributed by atoms with Crippen molar-refractivity contribution in [3.05, 3.63) is 70.9 Å². The number of alkyl carbamates (subject to hydrolysis) is 1. The number of pyridine rings is 1. The van der Waals surface area contributed by atoms with E-state index >= 15 is 0 Å². The van der Waals surface area contributed by atoms with Crippen molar-refractivity contribution in [3.63, 3.8) is 0 Å². The Hall–Kier alpha value is -4.38. The first-order valence-electron chi connectivity index (χ1n) is 14.5. The average Bonchev–Trinajstić information content (AvgIpc) is 3.39. The minimum atomic E-state index is -0.556. The second-order valence-corrected chi connectivity index (χ2v) is 12.4. The second kappa shape index (κ2) is 12.7. The van der Waals surface area contributed by atoms with E-state index in [1.54, 1.807) is 24.0 Å². The number of carbonyl (C=O) groups excluding carboxylic acids is 1. The second-order valence-electron chi connectivity index (χ2n) is 12.0. The van der Waals surface area contributed by atoms with Gasteiger partial charge in [-0.2, -0.15) is 5.10 Å². The zero-order valence-corrected chi connectivity index (χ0v) is 26.2. The maximum Gasteiger partial charge on any atom is 0.407 e. The first-order chi connectivity index (χ1) is 20.9. The molecular formula is C32H37ClFN7O3. The summed E-state index contributed by atoms with van der Waals surface area (Å²) in [5, 5.41) is 11.6. The van der Waals surface area contributed by atoms with Crippen LogP contribution in [0.1, 0.15) is 57.6 Å². The predicted octanol–water partition coefficient (Wildman–Crippen LogP) is 6.79. The van der Waals surface area contributed by atoms with Gasteiger partial charge in [0, 0.05) is 47.7 Å². The quantitative estimate of drug-likeness (QED) is 0.153.